The minimum absolute atomic E-state index is 0.520. The molecule has 3 rings (SSSR count). The number of aromatic nitrogens is 2. The van der Waals surface area contributed by atoms with E-state index in [9.17, 15) is 0 Å². The molecule has 0 radical (unpaired) electrons. The summed E-state index contributed by atoms with van der Waals surface area (Å²) in [7, 11) is 0. The predicted molar refractivity (Wildman–Crippen MR) is 71.1 cm³/mol. The zero-order valence-corrected chi connectivity index (χ0v) is 10.6. The summed E-state index contributed by atoms with van der Waals surface area (Å²) in [5.41, 5.74) is 8.93. The van der Waals surface area contributed by atoms with Gasteiger partial charge in [0.15, 0.2) is 0 Å². The highest BCUT2D eigenvalue weighted by atomic mass is 79.9. The summed E-state index contributed by atoms with van der Waals surface area (Å²) in [6.07, 6.45) is 0. The van der Waals surface area contributed by atoms with E-state index in [4.69, 9.17) is 5.73 Å². The Labute approximate surface area is 105 Å². The molecule has 5 heteroatoms. The number of benzene rings is 1. The molecule has 0 unspecified atom stereocenters. The molecule has 3 aromatic rings. The summed E-state index contributed by atoms with van der Waals surface area (Å²) < 4.78 is 2.97. The Kier molecular flexibility index (Phi) is 2.22. The molecule has 0 saturated heterocycles. The van der Waals surface area contributed by atoms with Crippen molar-refractivity contribution >= 4 is 44.2 Å². The quantitative estimate of drug-likeness (QED) is 0.747. The number of nitrogens with two attached hydrogens (primary N) is 1. The number of halogens is 1. The van der Waals surface area contributed by atoms with Crippen molar-refractivity contribution in [2.24, 2.45) is 0 Å². The van der Waals surface area contributed by atoms with Crippen molar-refractivity contribution in [3.05, 3.63) is 39.5 Å². The number of nitrogens with zero attached hydrogens (tertiary/aromatic N) is 2. The van der Waals surface area contributed by atoms with Gasteiger partial charge in [0.2, 0.25) is 5.95 Å². The number of anilines is 1. The van der Waals surface area contributed by atoms with Crippen molar-refractivity contribution in [1.82, 2.24) is 9.55 Å². The van der Waals surface area contributed by atoms with Crippen LogP contribution >= 0.6 is 27.3 Å². The van der Waals surface area contributed by atoms with Gasteiger partial charge in [0.05, 0.1) is 16.7 Å². The second-order valence-electron chi connectivity index (χ2n) is 3.42. The van der Waals surface area contributed by atoms with Gasteiger partial charge < -0.3 is 5.73 Å². The summed E-state index contributed by atoms with van der Waals surface area (Å²) in [6.45, 7) is 0. The maximum atomic E-state index is 5.94. The smallest absolute Gasteiger partial charge is 0.205 e. The number of rotatable bonds is 1. The van der Waals surface area contributed by atoms with Gasteiger partial charge in [-0.15, -0.1) is 0 Å². The fraction of sp³-hybridized carbons (Fsp3) is 0. The number of fused-ring (bicyclic) bond motifs is 1. The Morgan fingerprint density at radius 2 is 2.19 bits per heavy atom. The maximum absolute atomic E-state index is 5.94. The Hall–Kier alpha value is -1.33. The van der Waals surface area contributed by atoms with Crippen LogP contribution in [0.2, 0.25) is 0 Å². The van der Waals surface area contributed by atoms with E-state index >= 15 is 0 Å². The maximum Gasteiger partial charge on any atom is 0.205 e. The van der Waals surface area contributed by atoms with Gasteiger partial charge >= 0.3 is 0 Å². The second kappa shape index (κ2) is 3.61. The predicted octanol–water partition coefficient (Wildman–Crippen LogP) is 3.43. The van der Waals surface area contributed by atoms with Crippen LogP contribution < -0.4 is 5.73 Å². The summed E-state index contributed by atoms with van der Waals surface area (Å²) in [5.74, 6) is 0.520. The average Bonchev–Trinajstić information content (AvgIpc) is 2.83. The second-order valence-corrected chi connectivity index (χ2v) is 5.12. The molecule has 0 fully saturated rings. The highest BCUT2D eigenvalue weighted by Crippen LogP contribution is 2.26. The van der Waals surface area contributed by atoms with Crippen LogP contribution in [0.4, 0.5) is 5.95 Å². The van der Waals surface area contributed by atoms with Gasteiger partial charge in [0, 0.05) is 9.85 Å². The van der Waals surface area contributed by atoms with Crippen LogP contribution in [-0.4, -0.2) is 9.55 Å². The average molecular weight is 294 g/mol. The minimum atomic E-state index is 0.520. The summed E-state index contributed by atoms with van der Waals surface area (Å²) in [5, 5.41) is 4.08. The van der Waals surface area contributed by atoms with E-state index in [1.807, 2.05) is 34.2 Å². The Morgan fingerprint density at radius 3 is 2.94 bits per heavy atom. The van der Waals surface area contributed by atoms with E-state index in [1.165, 1.54) is 0 Å². The first-order chi connectivity index (χ1) is 7.75. The molecule has 0 aliphatic carbocycles. The van der Waals surface area contributed by atoms with Crippen molar-refractivity contribution in [1.29, 1.82) is 0 Å². The molecule has 0 atom stereocenters. The van der Waals surface area contributed by atoms with Gasteiger partial charge in [-0.3, -0.25) is 4.57 Å². The lowest BCUT2D eigenvalue weighted by Gasteiger charge is -2.02. The first-order valence-corrected chi connectivity index (χ1v) is 6.45. The molecule has 2 heterocycles. The normalized spacial score (nSPS) is 11.1. The largest absolute Gasteiger partial charge is 0.369 e. The van der Waals surface area contributed by atoms with Crippen LogP contribution in [0.5, 0.6) is 0 Å². The molecule has 0 amide bonds. The molecular weight excluding hydrogens is 286 g/mol. The van der Waals surface area contributed by atoms with Crippen LogP contribution in [0.15, 0.2) is 39.5 Å². The van der Waals surface area contributed by atoms with E-state index in [0.717, 1.165) is 21.2 Å². The molecule has 0 bridgehead atoms. The third kappa shape index (κ3) is 1.44. The van der Waals surface area contributed by atoms with Gasteiger partial charge in [0.1, 0.15) is 0 Å². The number of hydrogen-bond donors (Lipinski definition) is 1. The van der Waals surface area contributed by atoms with Crippen molar-refractivity contribution < 1.29 is 0 Å². The molecular formula is C11H8BrN3S. The van der Waals surface area contributed by atoms with Gasteiger partial charge in [-0.2, -0.15) is 11.3 Å². The van der Waals surface area contributed by atoms with Crippen molar-refractivity contribution in [2.75, 3.05) is 5.73 Å². The highest BCUT2D eigenvalue weighted by molar-refractivity contribution is 9.10. The third-order valence-electron chi connectivity index (χ3n) is 2.41. The van der Waals surface area contributed by atoms with E-state index in [0.29, 0.717) is 5.95 Å². The van der Waals surface area contributed by atoms with E-state index in [-0.39, 0.29) is 0 Å². The van der Waals surface area contributed by atoms with Gasteiger partial charge in [-0.25, -0.2) is 4.98 Å². The van der Waals surface area contributed by atoms with Gasteiger partial charge in [-0.05, 0) is 29.6 Å². The topological polar surface area (TPSA) is 43.8 Å². The van der Waals surface area contributed by atoms with Crippen LogP contribution in [0, 0.1) is 0 Å². The molecule has 0 spiro atoms. The zero-order valence-electron chi connectivity index (χ0n) is 8.22. The van der Waals surface area contributed by atoms with Crippen molar-refractivity contribution in [3.8, 4) is 5.69 Å². The van der Waals surface area contributed by atoms with E-state index in [1.54, 1.807) is 11.3 Å². The van der Waals surface area contributed by atoms with E-state index in [2.05, 4.69) is 26.3 Å². The fourth-order valence-electron chi connectivity index (χ4n) is 1.73. The first kappa shape index (κ1) is 9.86. The lowest BCUT2D eigenvalue weighted by molar-refractivity contribution is 1.12. The Balaban J connectivity index is 2.36. The molecule has 2 N–H and O–H groups in total. The molecule has 80 valence electrons. The Bertz CT molecular complexity index is 643. The number of thiophene rings is 1. The molecule has 2 aromatic heterocycles. The number of nitrogen functional groups attached to an aromatic ring is 1. The first-order valence-electron chi connectivity index (χ1n) is 4.72. The molecule has 1 aromatic carbocycles. The highest BCUT2D eigenvalue weighted by Gasteiger charge is 2.09. The monoisotopic (exact) mass is 293 g/mol. The van der Waals surface area contributed by atoms with Gasteiger partial charge in [-0.1, -0.05) is 15.9 Å². The fourth-order valence-corrected chi connectivity index (χ4v) is 2.70. The van der Waals surface area contributed by atoms with Crippen LogP contribution in [0.25, 0.3) is 16.7 Å². The van der Waals surface area contributed by atoms with Crippen LogP contribution in [0.3, 0.4) is 0 Å². The Morgan fingerprint density at radius 1 is 1.31 bits per heavy atom. The van der Waals surface area contributed by atoms with Crippen LogP contribution in [-0.2, 0) is 0 Å². The molecule has 0 aliphatic heterocycles. The van der Waals surface area contributed by atoms with Crippen molar-refractivity contribution in [3.63, 3.8) is 0 Å². The lowest BCUT2D eigenvalue weighted by atomic mass is 10.3. The summed E-state index contributed by atoms with van der Waals surface area (Å²) in [4.78, 5) is 4.35. The van der Waals surface area contributed by atoms with Crippen LogP contribution in [0.1, 0.15) is 0 Å². The lowest BCUT2D eigenvalue weighted by Crippen LogP contribution is -1.98. The van der Waals surface area contributed by atoms with Crippen molar-refractivity contribution in [2.45, 2.75) is 0 Å². The molecule has 3 nitrogen and oxygen atoms in total. The number of imidazole rings is 1. The molecule has 16 heavy (non-hydrogen) atoms. The molecule has 0 saturated carbocycles. The summed E-state index contributed by atoms with van der Waals surface area (Å²) in [6, 6.07) is 8.01. The standard InChI is InChI=1S/C11H8BrN3S/c12-7-1-2-10-9(5-7)14-11(13)15(10)8-3-4-16-6-8/h1-6H,(H2,13,14). The SMILES string of the molecule is Nc1nc2cc(Br)ccc2n1-c1ccsc1. The minimum Gasteiger partial charge on any atom is -0.369 e. The van der Waals surface area contributed by atoms with Gasteiger partial charge in [0.25, 0.3) is 0 Å². The number of hydrogen-bond acceptors (Lipinski definition) is 3. The molecule has 0 aliphatic rings. The summed E-state index contributed by atoms with van der Waals surface area (Å²) >= 11 is 5.07. The third-order valence-corrected chi connectivity index (χ3v) is 3.57. The van der Waals surface area contributed by atoms with E-state index < -0.39 is 0 Å². The zero-order chi connectivity index (χ0) is 11.1.